The van der Waals surface area contributed by atoms with Crippen LogP contribution in [0.25, 0.3) is 0 Å². The lowest BCUT2D eigenvalue weighted by Gasteiger charge is -2.38. The summed E-state index contributed by atoms with van der Waals surface area (Å²) in [6.45, 7) is 4.34. The van der Waals surface area contributed by atoms with Gasteiger partial charge < -0.3 is 24.1 Å². The van der Waals surface area contributed by atoms with Crippen LogP contribution in [0.4, 0.5) is 0 Å². The van der Waals surface area contributed by atoms with Gasteiger partial charge in [0.05, 0.1) is 26.4 Å². The zero-order valence-corrected chi connectivity index (χ0v) is 16.1. The minimum absolute atomic E-state index is 0.0348. The van der Waals surface area contributed by atoms with E-state index in [4.69, 9.17) is 18.9 Å². The number of aliphatic hydroxyl groups excluding tert-OH is 1. The fourth-order valence-electron chi connectivity index (χ4n) is 3.67. The van der Waals surface area contributed by atoms with Crippen LogP contribution in [-0.2, 0) is 9.47 Å². The molecule has 0 amide bonds. The number of benzene rings is 1. The van der Waals surface area contributed by atoms with E-state index in [1.807, 2.05) is 0 Å². The van der Waals surface area contributed by atoms with Crippen LogP contribution in [0.1, 0.15) is 36.5 Å². The predicted molar refractivity (Wildman–Crippen MR) is 99.4 cm³/mol. The summed E-state index contributed by atoms with van der Waals surface area (Å²) in [6.07, 6.45) is 2.42. The Bertz CT molecular complexity index is 631. The van der Waals surface area contributed by atoms with E-state index in [1.54, 1.807) is 18.2 Å². The van der Waals surface area contributed by atoms with E-state index in [0.717, 1.165) is 25.8 Å². The summed E-state index contributed by atoms with van der Waals surface area (Å²) in [5, 5.41) is 10.5. The topological polar surface area (TPSA) is 77.5 Å². The van der Waals surface area contributed by atoms with Gasteiger partial charge in [0.15, 0.2) is 23.6 Å². The molecule has 7 nitrogen and oxygen atoms in total. The first-order valence-electron chi connectivity index (χ1n) is 9.55. The molecule has 0 aliphatic carbocycles. The lowest BCUT2D eigenvalue weighted by molar-refractivity contribution is -0.115. The zero-order valence-electron chi connectivity index (χ0n) is 16.1. The monoisotopic (exact) mass is 379 g/mol. The van der Waals surface area contributed by atoms with Crippen molar-refractivity contribution in [2.45, 2.75) is 44.6 Å². The van der Waals surface area contributed by atoms with Gasteiger partial charge in [-0.15, -0.1) is 0 Å². The molecule has 2 fully saturated rings. The van der Waals surface area contributed by atoms with Gasteiger partial charge in [0.25, 0.3) is 0 Å². The van der Waals surface area contributed by atoms with E-state index in [2.05, 4.69) is 4.90 Å². The Hall–Kier alpha value is -1.67. The highest BCUT2D eigenvalue weighted by atomic mass is 16.7. The van der Waals surface area contributed by atoms with Crippen molar-refractivity contribution in [3.05, 3.63) is 23.8 Å². The van der Waals surface area contributed by atoms with Gasteiger partial charge in [-0.05, 0) is 44.5 Å². The number of carbonyl (C=O) groups excluding carboxylic acids is 1. The fourth-order valence-corrected chi connectivity index (χ4v) is 3.67. The van der Waals surface area contributed by atoms with Crippen molar-refractivity contribution >= 4 is 5.78 Å². The molecule has 1 aromatic rings. The molecule has 2 aliphatic rings. The number of hydrogen-bond donors (Lipinski definition) is 1. The molecule has 0 radical (unpaired) electrons. The number of methoxy groups -OCH3 is 1. The van der Waals surface area contributed by atoms with Gasteiger partial charge in [-0.2, -0.15) is 0 Å². The number of hydrogen-bond acceptors (Lipinski definition) is 7. The number of β-amino-alcohol motifs (C(OH)–C–C–N with tert-alkyl or cyclic N) is 1. The number of Topliss-reactive ketones (excluding diaryl/α,β-unsaturated/α-hetero) is 1. The van der Waals surface area contributed by atoms with Gasteiger partial charge in [0.1, 0.15) is 12.7 Å². The van der Waals surface area contributed by atoms with Crippen LogP contribution in [0.15, 0.2) is 18.2 Å². The molecule has 7 heteroatoms. The van der Waals surface area contributed by atoms with Crippen molar-refractivity contribution in [1.82, 2.24) is 4.90 Å². The first-order valence-corrected chi connectivity index (χ1v) is 9.55. The van der Waals surface area contributed by atoms with E-state index in [1.165, 1.54) is 14.0 Å². The number of ether oxygens (including phenoxy) is 4. The first-order chi connectivity index (χ1) is 13.1. The highest BCUT2D eigenvalue weighted by molar-refractivity contribution is 5.94. The van der Waals surface area contributed by atoms with Gasteiger partial charge in [-0.3, -0.25) is 9.69 Å². The van der Waals surface area contributed by atoms with Crippen LogP contribution in [0, 0.1) is 0 Å². The van der Waals surface area contributed by atoms with Gasteiger partial charge in [0.2, 0.25) is 0 Å². The van der Waals surface area contributed by atoms with Crippen LogP contribution in [-0.4, -0.2) is 74.2 Å². The van der Waals surface area contributed by atoms with E-state index in [0.29, 0.717) is 36.8 Å². The maximum absolute atomic E-state index is 11.5. The number of piperidine rings is 1. The molecule has 0 aromatic heterocycles. The Balaban J connectivity index is 1.55. The summed E-state index contributed by atoms with van der Waals surface area (Å²) < 4.78 is 22.4. The van der Waals surface area contributed by atoms with E-state index in [9.17, 15) is 9.90 Å². The third kappa shape index (κ3) is 5.19. The standard InChI is InChI=1S/C20H29NO6/c1-14(22)15-6-7-18(19(11-15)24-2)27-13-16(23)12-21-8-4-3-5-17(21)20-25-9-10-26-20/h6-7,11,16-17,20,23H,3-5,8-10,12-13H2,1-2H3. The van der Waals surface area contributed by atoms with E-state index >= 15 is 0 Å². The van der Waals surface area contributed by atoms with E-state index in [-0.39, 0.29) is 24.7 Å². The molecule has 150 valence electrons. The van der Waals surface area contributed by atoms with E-state index < -0.39 is 6.10 Å². The van der Waals surface area contributed by atoms with Crippen molar-refractivity contribution in [1.29, 1.82) is 0 Å². The minimum atomic E-state index is -0.649. The van der Waals surface area contributed by atoms with Crippen LogP contribution >= 0.6 is 0 Å². The second-order valence-corrected chi connectivity index (χ2v) is 7.05. The summed E-state index contributed by atoms with van der Waals surface area (Å²) in [5.74, 6) is 0.963. The van der Waals surface area contributed by atoms with Crippen molar-refractivity contribution < 1.29 is 28.8 Å². The highest BCUT2D eigenvalue weighted by Crippen LogP contribution is 2.29. The Morgan fingerprint density at radius 2 is 2.07 bits per heavy atom. The molecule has 0 spiro atoms. The molecule has 2 atom stereocenters. The third-order valence-corrected chi connectivity index (χ3v) is 5.07. The molecule has 0 bridgehead atoms. The number of carbonyl (C=O) groups is 1. The van der Waals surface area contributed by atoms with Crippen LogP contribution < -0.4 is 9.47 Å². The zero-order chi connectivity index (χ0) is 19.2. The second-order valence-electron chi connectivity index (χ2n) is 7.05. The molecule has 2 unspecified atom stereocenters. The maximum Gasteiger partial charge on any atom is 0.173 e. The number of nitrogens with zero attached hydrogens (tertiary/aromatic N) is 1. The molecule has 2 heterocycles. The van der Waals surface area contributed by atoms with Crippen molar-refractivity contribution in [3.63, 3.8) is 0 Å². The highest BCUT2D eigenvalue weighted by Gasteiger charge is 2.34. The van der Waals surface area contributed by atoms with Gasteiger partial charge in [0, 0.05) is 12.1 Å². The van der Waals surface area contributed by atoms with Crippen LogP contribution in [0.5, 0.6) is 11.5 Å². The summed E-state index contributed by atoms with van der Waals surface area (Å²) in [5.41, 5.74) is 0.562. The second kappa shape index (κ2) is 9.50. The Morgan fingerprint density at radius 3 is 2.78 bits per heavy atom. The van der Waals surface area contributed by atoms with Crippen LogP contribution in [0.2, 0.25) is 0 Å². The molecule has 3 rings (SSSR count). The van der Waals surface area contributed by atoms with Crippen LogP contribution in [0.3, 0.4) is 0 Å². The molecule has 1 N–H and O–H groups in total. The minimum Gasteiger partial charge on any atom is -0.493 e. The van der Waals surface area contributed by atoms with Gasteiger partial charge in [-0.25, -0.2) is 0 Å². The smallest absolute Gasteiger partial charge is 0.173 e. The number of aliphatic hydroxyl groups is 1. The molecule has 1 aromatic carbocycles. The van der Waals surface area contributed by atoms with Crippen molar-refractivity contribution in [3.8, 4) is 11.5 Å². The normalized spacial score (nSPS) is 22.6. The quantitative estimate of drug-likeness (QED) is 0.691. The maximum atomic E-state index is 11.5. The molecular formula is C20H29NO6. The molecule has 2 aliphatic heterocycles. The molecule has 27 heavy (non-hydrogen) atoms. The number of ketones is 1. The largest absolute Gasteiger partial charge is 0.493 e. The Morgan fingerprint density at radius 1 is 1.30 bits per heavy atom. The summed E-state index contributed by atoms with van der Waals surface area (Å²) in [7, 11) is 1.53. The summed E-state index contributed by atoms with van der Waals surface area (Å²) >= 11 is 0. The molecule has 0 saturated carbocycles. The average Bonchev–Trinajstić information content (AvgIpc) is 3.21. The average molecular weight is 379 g/mol. The lowest BCUT2D eigenvalue weighted by atomic mass is 10.0. The van der Waals surface area contributed by atoms with Crippen molar-refractivity contribution in [2.75, 3.05) is 40.0 Å². The summed E-state index contributed by atoms with van der Waals surface area (Å²) in [6, 6.07) is 5.23. The molecule has 2 saturated heterocycles. The SMILES string of the molecule is COc1cc(C(C)=O)ccc1OCC(O)CN1CCCCC1C1OCCO1. The van der Waals surface area contributed by atoms with Gasteiger partial charge in [-0.1, -0.05) is 6.42 Å². The summed E-state index contributed by atoms with van der Waals surface area (Å²) in [4.78, 5) is 13.7. The third-order valence-electron chi connectivity index (χ3n) is 5.07. The van der Waals surface area contributed by atoms with Crippen molar-refractivity contribution in [2.24, 2.45) is 0 Å². The lowest BCUT2D eigenvalue weighted by Crippen LogP contribution is -2.50. The number of rotatable bonds is 8. The number of likely N-dealkylation sites (tertiary alicyclic amines) is 1. The van der Waals surface area contributed by atoms with Gasteiger partial charge >= 0.3 is 0 Å². The first kappa shape index (κ1) is 20.1. The fraction of sp³-hybridized carbons (Fsp3) is 0.650. The predicted octanol–water partition coefficient (Wildman–Crippen LogP) is 1.86. The molecular weight excluding hydrogens is 350 g/mol. The Kier molecular flexibility index (Phi) is 7.07. The Labute approximate surface area is 160 Å².